The topological polar surface area (TPSA) is 106 Å². The molecule has 1 atom stereocenters. The van der Waals surface area contributed by atoms with Crippen LogP contribution in [-0.4, -0.2) is 32.6 Å². The van der Waals surface area contributed by atoms with Crippen molar-refractivity contribution in [2.45, 2.75) is 26.8 Å². The second kappa shape index (κ2) is 6.61. The summed E-state index contributed by atoms with van der Waals surface area (Å²) in [5, 5.41) is 10.7. The molecule has 2 aromatic heterocycles. The van der Waals surface area contributed by atoms with Crippen molar-refractivity contribution in [2.24, 2.45) is 0 Å². The van der Waals surface area contributed by atoms with Gasteiger partial charge in [0.05, 0.1) is 11.6 Å². The van der Waals surface area contributed by atoms with E-state index in [4.69, 9.17) is 4.52 Å². The third kappa shape index (κ3) is 3.17. The number of hydrogen-bond acceptors (Lipinski definition) is 7. The maximum absolute atomic E-state index is 12.4. The van der Waals surface area contributed by atoms with Gasteiger partial charge in [-0.25, -0.2) is 9.97 Å². The zero-order valence-electron chi connectivity index (χ0n) is 13.7. The second-order valence-electron chi connectivity index (χ2n) is 5.35. The minimum absolute atomic E-state index is 0.226. The summed E-state index contributed by atoms with van der Waals surface area (Å²) in [7, 11) is 0. The molecule has 0 aliphatic heterocycles. The van der Waals surface area contributed by atoms with Crippen molar-refractivity contribution < 1.29 is 9.32 Å². The number of carbonyl (C=O) groups excluding carboxylic acids is 1. The number of aryl methyl sites for hydroxylation is 1. The van der Waals surface area contributed by atoms with Gasteiger partial charge in [-0.05, 0) is 32.0 Å². The molecule has 0 aliphatic carbocycles. The highest BCUT2D eigenvalue weighted by Crippen LogP contribution is 2.20. The first-order valence-corrected chi connectivity index (χ1v) is 7.68. The van der Waals surface area contributed by atoms with Crippen LogP contribution in [-0.2, 0) is 0 Å². The lowest BCUT2D eigenvalue weighted by molar-refractivity contribution is 0.0938. The van der Waals surface area contributed by atoms with E-state index in [1.165, 1.54) is 6.33 Å². The number of carbonyl (C=O) groups is 1. The van der Waals surface area contributed by atoms with Crippen LogP contribution in [0.4, 0.5) is 5.82 Å². The van der Waals surface area contributed by atoms with Crippen molar-refractivity contribution in [1.29, 1.82) is 0 Å². The van der Waals surface area contributed by atoms with Gasteiger partial charge in [0, 0.05) is 24.4 Å². The van der Waals surface area contributed by atoms with Gasteiger partial charge in [0.1, 0.15) is 12.1 Å². The SMILES string of the molecule is CCNc1ncnc2cc(C(=O)NC(C)c3noc(C)n3)ccc12. The molecule has 0 bridgehead atoms. The number of fused-ring (bicyclic) bond motifs is 1. The van der Waals surface area contributed by atoms with Crippen LogP contribution < -0.4 is 10.6 Å². The van der Waals surface area contributed by atoms with Gasteiger partial charge in [-0.2, -0.15) is 4.98 Å². The molecule has 8 heteroatoms. The molecule has 124 valence electrons. The van der Waals surface area contributed by atoms with Gasteiger partial charge < -0.3 is 15.2 Å². The van der Waals surface area contributed by atoms with Crippen LogP contribution >= 0.6 is 0 Å². The fourth-order valence-corrected chi connectivity index (χ4v) is 2.34. The van der Waals surface area contributed by atoms with Crippen LogP contribution in [0.2, 0.25) is 0 Å². The van der Waals surface area contributed by atoms with E-state index in [-0.39, 0.29) is 11.9 Å². The van der Waals surface area contributed by atoms with Crippen LogP contribution in [0.25, 0.3) is 10.9 Å². The first kappa shape index (κ1) is 15.9. The lowest BCUT2D eigenvalue weighted by atomic mass is 10.1. The summed E-state index contributed by atoms with van der Waals surface area (Å²) in [6.45, 7) is 6.26. The fourth-order valence-electron chi connectivity index (χ4n) is 2.34. The summed E-state index contributed by atoms with van der Waals surface area (Å²) < 4.78 is 4.93. The number of benzene rings is 1. The van der Waals surface area contributed by atoms with Gasteiger partial charge in [-0.3, -0.25) is 4.79 Å². The van der Waals surface area contributed by atoms with E-state index in [0.717, 1.165) is 17.7 Å². The molecule has 0 aliphatic rings. The summed E-state index contributed by atoms with van der Waals surface area (Å²) in [6.07, 6.45) is 1.48. The standard InChI is InChI=1S/C16H18N6O2/c1-4-17-15-12-6-5-11(7-13(12)18-8-19-15)16(23)20-9(2)14-21-10(3)24-22-14/h5-9H,4H2,1-3H3,(H,20,23)(H,17,18,19). The average molecular weight is 326 g/mol. The van der Waals surface area contributed by atoms with E-state index in [9.17, 15) is 4.79 Å². The number of hydrogen-bond donors (Lipinski definition) is 2. The highest BCUT2D eigenvalue weighted by Gasteiger charge is 2.16. The van der Waals surface area contributed by atoms with Crippen molar-refractivity contribution in [1.82, 2.24) is 25.4 Å². The Morgan fingerprint density at radius 1 is 1.33 bits per heavy atom. The first-order valence-electron chi connectivity index (χ1n) is 7.68. The molecule has 24 heavy (non-hydrogen) atoms. The smallest absolute Gasteiger partial charge is 0.251 e. The van der Waals surface area contributed by atoms with Crippen molar-refractivity contribution in [3.05, 3.63) is 41.8 Å². The van der Waals surface area contributed by atoms with Crippen LogP contribution in [0, 0.1) is 6.92 Å². The molecule has 2 N–H and O–H groups in total. The normalized spacial score (nSPS) is 12.1. The second-order valence-corrected chi connectivity index (χ2v) is 5.35. The number of rotatable bonds is 5. The zero-order chi connectivity index (χ0) is 17.1. The van der Waals surface area contributed by atoms with Gasteiger partial charge >= 0.3 is 0 Å². The van der Waals surface area contributed by atoms with E-state index in [2.05, 4.69) is 30.7 Å². The number of anilines is 1. The Kier molecular flexibility index (Phi) is 4.37. The maximum Gasteiger partial charge on any atom is 0.251 e. The van der Waals surface area contributed by atoms with E-state index in [1.807, 2.05) is 13.0 Å². The van der Waals surface area contributed by atoms with Gasteiger partial charge in [0.2, 0.25) is 5.89 Å². The molecule has 0 spiro atoms. The third-order valence-corrected chi connectivity index (χ3v) is 3.52. The molecule has 1 unspecified atom stereocenters. The molecule has 2 heterocycles. The van der Waals surface area contributed by atoms with Gasteiger partial charge in [0.15, 0.2) is 5.82 Å². The fraction of sp³-hybridized carbons (Fsp3) is 0.312. The van der Waals surface area contributed by atoms with Crippen LogP contribution in [0.1, 0.15) is 42.0 Å². The van der Waals surface area contributed by atoms with Gasteiger partial charge in [-0.1, -0.05) is 5.16 Å². The lowest BCUT2D eigenvalue weighted by Crippen LogP contribution is -2.27. The first-order chi connectivity index (χ1) is 11.6. The Morgan fingerprint density at radius 2 is 2.17 bits per heavy atom. The monoisotopic (exact) mass is 326 g/mol. The Bertz CT molecular complexity index is 876. The van der Waals surface area contributed by atoms with Crippen LogP contribution in [0.15, 0.2) is 29.0 Å². The molecule has 0 fully saturated rings. The van der Waals surface area contributed by atoms with E-state index >= 15 is 0 Å². The minimum Gasteiger partial charge on any atom is -0.370 e. The summed E-state index contributed by atoms with van der Waals surface area (Å²) >= 11 is 0. The van der Waals surface area contributed by atoms with Crippen molar-refractivity contribution in [3.8, 4) is 0 Å². The number of amides is 1. The Balaban J connectivity index is 1.82. The maximum atomic E-state index is 12.4. The molecule has 3 rings (SSSR count). The average Bonchev–Trinajstić information content (AvgIpc) is 3.01. The van der Waals surface area contributed by atoms with Gasteiger partial charge in [-0.15, -0.1) is 0 Å². The molecular formula is C16H18N6O2. The van der Waals surface area contributed by atoms with Crippen LogP contribution in [0.3, 0.4) is 0 Å². The summed E-state index contributed by atoms with van der Waals surface area (Å²) in [6, 6.07) is 4.97. The predicted octanol–water partition coefficient (Wildman–Crippen LogP) is 2.24. The van der Waals surface area contributed by atoms with Crippen LogP contribution in [0.5, 0.6) is 0 Å². The summed E-state index contributed by atoms with van der Waals surface area (Å²) in [4.78, 5) is 25.0. The predicted molar refractivity (Wildman–Crippen MR) is 88.6 cm³/mol. The molecular weight excluding hydrogens is 308 g/mol. The Morgan fingerprint density at radius 3 is 2.88 bits per heavy atom. The van der Waals surface area contributed by atoms with Gasteiger partial charge in [0.25, 0.3) is 5.91 Å². The summed E-state index contributed by atoms with van der Waals surface area (Å²) in [5.74, 6) is 1.43. The number of nitrogens with one attached hydrogen (secondary N) is 2. The third-order valence-electron chi connectivity index (χ3n) is 3.52. The summed E-state index contributed by atoms with van der Waals surface area (Å²) in [5.41, 5.74) is 1.22. The Labute approximate surface area is 138 Å². The minimum atomic E-state index is -0.353. The molecule has 1 aromatic carbocycles. The lowest BCUT2D eigenvalue weighted by Gasteiger charge is -2.11. The molecule has 0 saturated heterocycles. The van der Waals surface area contributed by atoms with Crippen molar-refractivity contribution in [2.75, 3.05) is 11.9 Å². The highest BCUT2D eigenvalue weighted by atomic mass is 16.5. The van der Waals surface area contributed by atoms with Crippen molar-refractivity contribution in [3.63, 3.8) is 0 Å². The number of aromatic nitrogens is 4. The molecule has 8 nitrogen and oxygen atoms in total. The molecule has 1 amide bonds. The van der Waals surface area contributed by atoms with E-state index in [0.29, 0.717) is 22.8 Å². The quantitative estimate of drug-likeness (QED) is 0.740. The van der Waals surface area contributed by atoms with Crippen molar-refractivity contribution >= 4 is 22.6 Å². The zero-order valence-corrected chi connectivity index (χ0v) is 13.7. The Hall–Kier alpha value is -3.03. The molecule has 0 saturated carbocycles. The van der Waals surface area contributed by atoms with E-state index < -0.39 is 0 Å². The highest BCUT2D eigenvalue weighted by molar-refractivity contribution is 5.99. The number of nitrogens with zero attached hydrogens (tertiary/aromatic N) is 4. The largest absolute Gasteiger partial charge is 0.370 e. The molecule has 3 aromatic rings. The molecule has 0 radical (unpaired) electrons. The van der Waals surface area contributed by atoms with E-state index in [1.54, 1.807) is 26.0 Å².